The molecule has 3 aromatic carbocycles. The average molecular weight is 512 g/mol. The maximum atomic E-state index is 13.4. The number of carbonyl (C=O) groups is 2. The van der Waals surface area contributed by atoms with E-state index in [9.17, 15) is 22.8 Å². The topological polar surface area (TPSA) is 61.9 Å². The lowest BCUT2D eigenvalue weighted by Crippen LogP contribution is -2.49. The molecule has 0 aromatic heterocycles. The highest BCUT2D eigenvalue weighted by molar-refractivity contribution is 6.01. The van der Waals surface area contributed by atoms with Gasteiger partial charge in [0, 0.05) is 19.6 Å². The van der Waals surface area contributed by atoms with E-state index in [4.69, 9.17) is 4.74 Å². The second kappa shape index (κ2) is 10.9. The van der Waals surface area contributed by atoms with Crippen LogP contribution in [0, 0.1) is 6.92 Å². The van der Waals surface area contributed by atoms with Crippen molar-refractivity contribution in [2.24, 2.45) is 0 Å². The van der Waals surface area contributed by atoms with Crippen LogP contribution in [0.3, 0.4) is 0 Å². The van der Waals surface area contributed by atoms with E-state index < -0.39 is 11.7 Å². The third-order valence-electron chi connectivity index (χ3n) is 6.21. The number of amides is 3. The van der Waals surface area contributed by atoms with Crippen molar-refractivity contribution in [1.29, 1.82) is 0 Å². The molecule has 37 heavy (non-hydrogen) atoms. The zero-order valence-electron chi connectivity index (χ0n) is 20.6. The molecule has 1 fully saturated rings. The van der Waals surface area contributed by atoms with Gasteiger partial charge >= 0.3 is 12.2 Å². The summed E-state index contributed by atoms with van der Waals surface area (Å²) in [6, 6.07) is 17.3. The van der Waals surface area contributed by atoms with Crippen molar-refractivity contribution in [2.75, 3.05) is 30.4 Å². The van der Waals surface area contributed by atoms with Crippen LogP contribution in [0.15, 0.2) is 66.7 Å². The van der Waals surface area contributed by atoms with Crippen molar-refractivity contribution in [2.45, 2.75) is 32.5 Å². The molecule has 0 spiro atoms. The normalized spacial score (nSPS) is 14.0. The number of carbonyl (C=O) groups excluding carboxylic acids is 2. The van der Waals surface area contributed by atoms with E-state index in [1.165, 1.54) is 12.1 Å². The second-order valence-electron chi connectivity index (χ2n) is 9.00. The van der Waals surface area contributed by atoms with Gasteiger partial charge in [-0.2, -0.15) is 13.2 Å². The van der Waals surface area contributed by atoms with Gasteiger partial charge in [-0.05, 0) is 66.4 Å². The summed E-state index contributed by atoms with van der Waals surface area (Å²) in [7, 11) is 1.58. The molecule has 194 valence electrons. The first-order valence-electron chi connectivity index (χ1n) is 11.9. The number of methoxy groups -OCH3 is 1. The number of benzene rings is 3. The van der Waals surface area contributed by atoms with Crippen molar-refractivity contribution in [3.63, 3.8) is 0 Å². The van der Waals surface area contributed by atoms with Gasteiger partial charge in [0.05, 0.1) is 30.5 Å². The summed E-state index contributed by atoms with van der Waals surface area (Å²) in [6.07, 6.45) is -3.57. The van der Waals surface area contributed by atoms with Gasteiger partial charge in [0.1, 0.15) is 5.75 Å². The Labute approximate surface area is 213 Å². The van der Waals surface area contributed by atoms with Gasteiger partial charge < -0.3 is 15.0 Å². The van der Waals surface area contributed by atoms with Crippen LogP contribution in [0.5, 0.6) is 5.75 Å². The first kappa shape index (κ1) is 26.1. The SMILES string of the molecule is COc1ccc(CC(=O)Nc2cc(C)ccc2N2CCCN(Cc3ccc(C(F)(F)F)cc3)C2=O)cc1. The molecule has 1 N–H and O–H groups in total. The predicted molar refractivity (Wildman–Crippen MR) is 136 cm³/mol. The summed E-state index contributed by atoms with van der Waals surface area (Å²) in [5.74, 6) is 0.484. The first-order chi connectivity index (χ1) is 17.6. The molecule has 0 bridgehead atoms. The average Bonchev–Trinajstić information content (AvgIpc) is 2.86. The Morgan fingerprint density at radius 1 is 0.973 bits per heavy atom. The second-order valence-corrected chi connectivity index (χ2v) is 9.00. The van der Waals surface area contributed by atoms with Crippen LogP contribution in [-0.2, 0) is 23.9 Å². The molecular weight excluding hydrogens is 483 g/mol. The monoisotopic (exact) mass is 511 g/mol. The fraction of sp³-hybridized carbons (Fsp3) is 0.286. The Morgan fingerprint density at radius 3 is 2.30 bits per heavy atom. The molecule has 0 unspecified atom stereocenters. The number of ether oxygens (including phenoxy) is 1. The van der Waals surface area contributed by atoms with Crippen LogP contribution in [-0.4, -0.2) is 37.0 Å². The Kier molecular flexibility index (Phi) is 7.71. The van der Waals surface area contributed by atoms with E-state index in [2.05, 4.69) is 5.32 Å². The molecule has 0 radical (unpaired) electrons. The van der Waals surface area contributed by atoms with Crippen molar-refractivity contribution in [3.05, 3.63) is 89.0 Å². The highest BCUT2D eigenvalue weighted by atomic mass is 19.4. The van der Waals surface area contributed by atoms with Crippen LogP contribution in [0.1, 0.15) is 28.7 Å². The van der Waals surface area contributed by atoms with Crippen molar-refractivity contribution in [1.82, 2.24) is 4.90 Å². The number of hydrogen-bond acceptors (Lipinski definition) is 3. The molecule has 1 heterocycles. The fourth-order valence-electron chi connectivity index (χ4n) is 4.28. The third kappa shape index (κ3) is 6.41. The van der Waals surface area contributed by atoms with Crippen LogP contribution in [0.4, 0.5) is 29.3 Å². The predicted octanol–water partition coefficient (Wildman–Crippen LogP) is 6.04. The van der Waals surface area contributed by atoms with Gasteiger partial charge in [0.25, 0.3) is 0 Å². The standard InChI is InChI=1S/C28H28F3N3O3/c1-19-4-13-25(24(16-19)32-26(35)17-20-7-11-23(37-2)12-8-20)34-15-3-14-33(27(34)36)18-21-5-9-22(10-6-21)28(29,30)31/h4-13,16H,3,14-15,17-18H2,1-2H3,(H,32,35). The molecule has 9 heteroatoms. The lowest BCUT2D eigenvalue weighted by Gasteiger charge is -2.36. The molecule has 1 aliphatic heterocycles. The maximum Gasteiger partial charge on any atom is 0.416 e. The number of urea groups is 1. The maximum absolute atomic E-state index is 13.4. The number of rotatable bonds is 7. The zero-order chi connectivity index (χ0) is 26.6. The molecule has 0 saturated carbocycles. The summed E-state index contributed by atoms with van der Waals surface area (Å²) in [5, 5.41) is 2.94. The number of anilines is 2. The highest BCUT2D eigenvalue weighted by Gasteiger charge is 2.31. The number of nitrogens with zero attached hydrogens (tertiary/aromatic N) is 2. The van der Waals surface area contributed by atoms with Gasteiger partial charge in [-0.15, -0.1) is 0 Å². The van der Waals surface area contributed by atoms with E-state index in [1.807, 2.05) is 31.2 Å². The minimum Gasteiger partial charge on any atom is -0.497 e. The first-order valence-corrected chi connectivity index (χ1v) is 11.9. The summed E-state index contributed by atoms with van der Waals surface area (Å²) in [6.45, 7) is 3.05. The molecule has 4 rings (SSSR count). The summed E-state index contributed by atoms with van der Waals surface area (Å²) in [4.78, 5) is 29.4. The number of aryl methyl sites for hydroxylation is 1. The quantitative estimate of drug-likeness (QED) is 0.421. The zero-order valence-corrected chi connectivity index (χ0v) is 20.6. The van der Waals surface area contributed by atoms with Crippen molar-refractivity contribution in [3.8, 4) is 5.75 Å². The molecular formula is C28H28F3N3O3. The van der Waals surface area contributed by atoms with Gasteiger partial charge in [-0.1, -0.05) is 30.3 Å². The summed E-state index contributed by atoms with van der Waals surface area (Å²) in [5.41, 5.74) is 2.75. The number of hydrogen-bond donors (Lipinski definition) is 1. The van der Waals surface area contributed by atoms with Gasteiger partial charge in [-0.3, -0.25) is 9.69 Å². The summed E-state index contributed by atoms with van der Waals surface area (Å²) >= 11 is 0. The molecule has 3 aromatic rings. The number of halogens is 3. The molecule has 0 atom stereocenters. The minimum absolute atomic E-state index is 0.158. The Bertz CT molecular complexity index is 1260. The molecule has 1 aliphatic rings. The van der Waals surface area contributed by atoms with Crippen LogP contribution in [0.2, 0.25) is 0 Å². The molecule has 0 aliphatic carbocycles. The van der Waals surface area contributed by atoms with Crippen molar-refractivity contribution >= 4 is 23.3 Å². The van der Waals surface area contributed by atoms with Gasteiger partial charge in [0.2, 0.25) is 5.91 Å². The van der Waals surface area contributed by atoms with Crippen LogP contribution >= 0.6 is 0 Å². The van der Waals surface area contributed by atoms with E-state index in [-0.39, 0.29) is 24.9 Å². The molecule has 1 saturated heterocycles. The minimum atomic E-state index is -4.41. The van der Waals surface area contributed by atoms with Crippen LogP contribution < -0.4 is 15.0 Å². The van der Waals surface area contributed by atoms with Crippen molar-refractivity contribution < 1.29 is 27.5 Å². The Morgan fingerprint density at radius 2 is 1.65 bits per heavy atom. The van der Waals surface area contributed by atoms with Gasteiger partial charge in [-0.25, -0.2) is 4.79 Å². The van der Waals surface area contributed by atoms with E-state index in [0.29, 0.717) is 42.2 Å². The Balaban J connectivity index is 1.48. The Hall–Kier alpha value is -4.01. The largest absolute Gasteiger partial charge is 0.497 e. The number of alkyl halides is 3. The molecule has 6 nitrogen and oxygen atoms in total. The lowest BCUT2D eigenvalue weighted by molar-refractivity contribution is -0.137. The van der Waals surface area contributed by atoms with Crippen LogP contribution in [0.25, 0.3) is 0 Å². The van der Waals surface area contributed by atoms with Gasteiger partial charge in [0.15, 0.2) is 0 Å². The molecule has 3 amide bonds. The smallest absolute Gasteiger partial charge is 0.416 e. The summed E-state index contributed by atoms with van der Waals surface area (Å²) < 4.78 is 43.8. The van der Waals surface area contributed by atoms with E-state index in [1.54, 1.807) is 35.1 Å². The lowest BCUT2D eigenvalue weighted by atomic mass is 10.1. The van der Waals surface area contributed by atoms with E-state index in [0.717, 1.165) is 23.3 Å². The highest BCUT2D eigenvalue weighted by Crippen LogP contribution is 2.32. The number of nitrogens with one attached hydrogen (secondary N) is 1. The fourth-order valence-corrected chi connectivity index (χ4v) is 4.28. The van der Waals surface area contributed by atoms with E-state index >= 15 is 0 Å². The third-order valence-corrected chi connectivity index (χ3v) is 6.21.